The average molecular weight is 272 g/mol. The second-order valence-electron chi connectivity index (χ2n) is 4.42. The number of aliphatic hydroxyl groups is 1. The number of methoxy groups -OCH3 is 1. The highest BCUT2D eigenvalue weighted by atomic mass is 32.1. The van der Waals surface area contributed by atoms with E-state index in [1.54, 1.807) is 12.5 Å². The Morgan fingerprint density at radius 1 is 1.61 bits per heavy atom. The lowest BCUT2D eigenvalue weighted by molar-refractivity contribution is 0.0915. The molecule has 0 aliphatic heterocycles. The number of nitrogens with one attached hydrogen (secondary N) is 1. The van der Waals surface area contributed by atoms with Gasteiger partial charge in [0.2, 0.25) is 0 Å². The molecule has 0 spiro atoms. The first kappa shape index (κ1) is 15.1. The molecule has 0 saturated carbocycles. The van der Waals surface area contributed by atoms with Crippen LogP contribution in [0.25, 0.3) is 0 Å². The number of nitrogens with zero attached hydrogens (tertiary/aromatic N) is 1. The Balaban J connectivity index is 2.36. The molecule has 1 amide bonds. The number of carbonyl (C=O) groups is 1. The largest absolute Gasteiger partial charge is 0.393 e. The van der Waals surface area contributed by atoms with Crippen LogP contribution in [-0.2, 0) is 11.3 Å². The first-order chi connectivity index (χ1) is 8.54. The third-order valence-electron chi connectivity index (χ3n) is 2.55. The molecule has 0 bridgehead atoms. The number of hydrogen-bond acceptors (Lipinski definition) is 5. The van der Waals surface area contributed by atoms with Gasteiger partial charge in [0.1, 0.15) is 10.7 Å². The summed E-state index contributed by atoms with van der Waals surface area (Å²) in [5, 5.41) is 14.8. The molecule has 18 heavy (non-hydrogen) atoms. The van der Waals surface area contributed by atoms with Crippen LogP contribution in [0.4, 0.5) is 0 Å². The predicted molar refractivity (Wildman–Crippen MR) is 70.6 cm³/mol. The molecule has 0 fully saturated rings. The van der Waals surface area contributed by atoms with Gasteiger partial charge in [-0.05, 0) is 12.3 Å². The summed E-state index contributed by atoms with van der Waals surface area (Å²) in [4.78, 5) is 15.9. The molecule has 0 aromatic carbocycles. The molecular weight excluding hydrogens is 252 g/mol. The molecule has 1 rings (SSSR count). The summed E-state index contributed by atoms with van der Waals surface area (Å²) < 4.78 is 4.94. The second kappa shape index (κ2) is 7.45. The first-order valence-corrected chi connectivity index (χ1v) is 6.82. The van der Waals surface area contributed by atoms with Crippen molar-refractivity contribution < 1.29 is 14.6 Å². The minimum Gasteiger partial charge on any atom is -0.393 e. The maximum atomic E-state index is 11.7. The Morgan fingerprint density at radius 3 is 2.94 bits per heavy atom. The van der Waals surface area contributed by atoms with Crippen molar-refractivity contribution in [2.24, 2.45) is 5.92 Å². The summed E-state index contributed by atoms with van der Waals surface area (Å²) in [7, 11) is 1.59. The van der Waals surface area contributed by atoms with Crippen molar-refractivity contribution in [2.45, 2.75) is 33.0 Å². The minimum absolute atomic E-state index is 0.203. The molecule has 5 nitrogen and oxygen atoms in total. The van der Waals surface area contributed by atoms with E-state index in [0.717, 1.165) is 5.01 Å². The predicted octanol–water partition coefficient (Wildman–Crippen LogP) is 1.43. The molecule has 6 heteroatoms. The van der Waals surface area contributed by atoms with Crippen molar-refractivity contribution in [3.05, 3.63) is 16.1 Å². The first-order valence-electron chi connectivity index (χ1n) is 5.94. The fraction of sp³-hybridized carbons (Fsp3) is 0.667. The van der Waals surface area contributed by atoms with E-state index in [-0.39, 0.29) is 17.9 Å². The maximum Gasteiger partial charge on any atom is 0.270 e. The molecule has 1 atom stereocenters. The molecule has 0 aliphatic carbocycles. The van der Waals surface area contributed by atoms with Crippen LogP contribution in [0.2, 0.25) is 0 Å². The van der Waals surface area contributed by atoms with Crippen LogP contribution in [0.1, 0.15) is 35.8 Å². The lowest BCUT2D eigenvalue weighted by Gasteiger charge is -2.13. The molecule has 0 radical (unpaired) electrons. The topological polar surface area (TPSA) is 71.5 Å². The van der Waals surface area contributed by atoms with Gasteiger partial charge in [-0.15, -0.1) is 11.3 Å². The third kappa shape index (κ3) is 4.72. The van der Waals surface area contributed by atoms with Crippen molar-refractivity contribution in [3.63, 3.8) is 0 Å². The normalized spacial score (nSPS) is 12.7. The van der Waals surface area contributed by atoms with Crippen molar-refractivity contribution in [1.82, 2.24) is 10.3 Å². The van der Waals surface area contributed by atoms with Gasteiger partial charge in [-0.3, -0.25) is 4.79 Å². The molecule has 1 unspecified atom stereocenters. The fourth-order valence-electron chi connectivity index (χ4n) is 1.36. The number of thiazole rings is 1. The Labute approximate surface area is 111 Å². The van der Waals surface area contributed by atoms with Gasteiger partial charge in [0.15, 0.2) is 0 Å². The smallest absolute Gasteiger partial charge is 0.270 e. The molecule has 1 aromatic heterocycles. The molecule has 1 heterocycles. The zero-order chi connectivity index (χ0) is 13.5. The van der Waals surface area contributed by atoms with Gasteiger partial charge in [0.25, 0.3) is 5.91 Å². The zero-order valence-electron chi connectivity index (χ0n) is 11.0. The molecule has 1 aromatic rings. The van der Waals surface area contributed by atoms with Crippen molar-refractivity contribution in [3.8, 4) is 0 Å². The standard InChI is InChI=1S/C12H20N2O3S/c1-8(2)10(15)4-5-13-12(16)9-7-18-11(14-9)6-17-3/h7-8,10,15H,4-6H2,1-3H3,(H,13,16). The minimum atomic E-state index is -0.384. The Kier molecular flexibility index (Phi) is 6.24. The number of rotatable bonds is 7. The summed E-state index contributed by atoms with van der Waals surface area (Å²) in [6, 6.07) is 0. The summed E-state index contributed by atoms with van der Waals surface area (Å²) in [5.41, 5.74) is 0.408. The van der Waals surface area contributed by atoms with Gasteiger partial charge in [-0.2, -0.15) is 0 Å². The van der Waals surface area contributed by atoms with E-state index in [0.29, 0.717) is 25.3 Å². The van der Waals surface area contributed by atoms with Gasteiger partial charge in [0.05, 0.1) is 12.7 Å². The Bertz CT molecular complexity index is 379. The highest BCUT2D eigenvalue weighted by Crippen LogP contribution is 2.10. The van der Waals surface area contributed by atoms with E-state index in [9.17, 15) is 9.90 Å². The van der Waals surface area contributed by atoms with E-state index >= 15 is 0 Å². The molecular formula is C12H20N2O3S. The van der Waals surface area contributed by atoms with E-state index in [1.807, 2.05) is 13.8 Å². The lowest BCUT2D eigenvalue weighted by Crippen LogP contribution is -2.28. The molecule has 2 N–H and O–H groups in total. The number of aliphatic hydroxyl groups excluding tert-OH is 1. The summed E-state index contributed by atoms with van der Waals surface area (Å²) in [5.74, 6) is -0.000890. The van der Waals surface area contributed by atoms with Gasteiger partial charge in [0, 0.05) is 19.0 Å². The number of hydrogen-bond donors (Lipinski definition) is 2. The number of amides is 1. The van der Waals surface area contributed by atoms with Gasteiger partial charge >= 0.3 is 0 Å². The monoisotopic (exact) mass is 272 g/mol. The molecule has 102 valence electrons. The lowest BCUT2D eigenvalue weighted by atomic mass is 10.0. The zero-order valence-corrected chi connectivity index (χ0v) is 11.8. The Morgan fingerprint density at radius 2 is 2.33 bits per heavy atom. The van der Waals surface area contributed by atoms with Crippen LogP contribution < -0.4 is 5.32 Å². The maximum absolute atomic E-state index is 11.7. The summed E-state index contributed by atoms with van der Waals surface area (Å²) >= 11 is 1.40. The average Bonchev–Trinajstić information content (AvgIpc) is 2.77. The van der Waals surface area contributed by atoms with E-state index < -0.39 is 0 Å². The van der Waals surface area contributed by atoms with E-state index in [4.69, 9.17) is 4.74 Å². The highest BCUT2D eigenvalue weighted by Gasteiger charge is 2.12. The summed E-state index contributed by atoms with van der Waals surface area (Å²) in [6.45, 7) is 4.77. The van der Waals surface area contributed by atoms with Crippen molar-refractivity contribution in [2.75, 3.05) is 13.7 Å². The SMILES string of the molecule is COCc1nc(C(=O)NCCC(O)C(C)C)cs1. The summed E-state index contributed by atoms with van der Waals surface area (Å²) in [6.07, 6.45) is 0.170. The van der Waals surface area contributed by atoms with Crippen LogP contribution in [0, 0.1) is 5.92 Å². The van der Waals surface area contributed by atoms with Gasteiger partial charge < -0.3 is 15.2 Å². The molecule has 0 saturated heterocycles. The van der Waals surface area contributed by atoms with Crippen molar-refractivity contribution >= 4 is 17.2 Å². The Hall–Kier alpha value is -0.980. The number of aromatic nitrogens is 1. The van der Waals surface area contributed by atoms with Crippen LogP contribution in [0.15, 0.2) is 5.38 Å². The van der Waals surface area contributed by atoms with Crippen LogP contribution >= 0.6 is 11.3 Å². The van der Waals surface area contributed by atoms with Gasteiger partial charge in [-0.1, -0.05) is 13.8 Å². The van der Waals surface area contributed by atoms with E-state index in [1.165, 1.54) is 11.3 Å². The number of ether oxygens (including phenoxy) is 1. The molecule has 0 aliphatic rings. The van der Waals surface area contributed by atoms with Crippen LogP contribution in [-0.4, -0.2) is 35.8 Å². The second-order valence-corrected chi connectivity index (χ2v) is 5.36. The quantitative estimate of drug-likeness (QED) is 0.787. The van der Waals surface area contributed by atoms with Crippen molar-refractivity contribution in [1.29, 1.82) is 0 Å². The van der Waals surface area contributed by atoms with Crippen LogP contribution in [0.3, 0.4) is 0 Å². The fourth-order valence-corrected chi connectivity index (χ4v) is 2.11. The van der Waals surface area contributed by atoms with Gasteiger partial charge in [-0.25, -0.2) is 4.98 Å². The third-order valence-corrected chi connectivity index (χ3v) is 3.37. The van der Waals surface area contributed by atoms with Crippen LogP contribution in [0.5, 0.6) is 0 Å². The van der Waals surface area contributed by atoms with E-state index in [2.05, 4.69) is 10.3 Å². The number of carbonyl (C=O) groups excluding carboxylic acids is 1. The highest BCUT2D eigenvalue weighted by molar-refractivity contribution is 7.09.